The molecule has 0 spiro atoms. The summed E-state index contributed by atoms with van der Waals surface area (Å²) in [5.74, 6) is 3.17. The minimum absolute atomic E-state index is 0.967. The summed E-state index contributed by atoms with van der Waals surface area (Å²) in [6, 6.07) is 0. The van der Waals surface area contributed by atoms with Gasteiger partial charge >= 0.3 is 0 Å². The largest absolute Gasteiger partial charge is 0.0654 e. The average molecular weight is 196 g/mol. The van der Waals surface area contributed by atoms with E-state index < -0.39 is 0 Å². The fraction of sp³-hybridized carbons (Fsp3) is 1.00. The molecule has 84 valence electrons. The Bertz CT molecular complexity index is 139. The van der Waals surface area contributed by atoms with Crippen LogP contribution in [0.4, 0.5) is 0 Å². The van der Waals surface area contributed by atoms with Gasteiger partial charge in [0.2, 0.25) is 0 Å². The standard InChI is InChI=1S/C14H28/c1-4-6-7-8-13-9-10-14(13)11-12(3)5-2/h12-14H,4-11H2,1-3H3. The highest BCUT2D eigenvalue weighted by molar-refractivity contribution is 4.81. The van der Waals surface area contributed by atoms with E-state index in [9.17, 15) is 0 Å². The first-order valence-corrected chi connectivity index (χ1v) is 6.77. The summed E-state index contributed by atoms with van der Waals surface area (Å²) >= 11 is 0. The van der Waals surface area contributed by atoms with E-state index in [2.05, 4.69) is 20.8 Å². The van der Waals surface area contributed by atoms with Crippen LogP contribution in [0.2, 0.25) is 0 Å². The molecule has 0 heteroatoms. The van der Waals surface area contributed by atoms with E-state index in [1.807, 2.05) is 0 Å². The van der Waals surface area contributed by atoms with Gasteiger partial charge in [0.15, 0.2) is 0 Å². The van der Waals surface area contributed by atoms with Gasteiger partial charge < -0.3 is 0 Å². The Kier molecular flexibility index (Phi) is 5.59. The predicted octanol–water partition coefficient (Wildman–Crippen LogP) is 5.03. The van der Waals surface area contributed by atoms with Gasteiger partial charge in [-0.25, -0.2) is 0 Å². The van der Waals surface area contributed by atoms with Crippen LogP contribution in [0.25, 0.3) is 0 Å². The molecule has 0 saturated heterocycles. The zero-order chi connectivity index (χ0) is 10.4. The first-order valence-electron chi connectivity index (χ1n) is 6.77. The Morgan fingerprint density at radius 1 is 1.07 bits per heavy atom. The molecule has 1 aliphatic rings. The van der Waals surface area contributed by atoms with Crippen molar-refractivity contribution in [2.75, 3.05) is 0 Å². The molecule has 3 unspecified atom stereocenters. The Hall–Kier alpha value is 0. The van der Waals surface area contributed by atoms with Crippen molar-refractivity contribution in [3.8, 4) is 0 Å². The zero-order valence-electron chi connectivity index (χ0n) is 10.4. The summed E-state index contributed by atoms with van der Waals surface area (Å²) in [6.45, 7) is 7.05. The molecule has 0 radical (unpaired) electrons. The van der Waals surface area contributed by atoms with Crippen molar-refractivity contribution in [3.63, 3.8) is 0 Å². The van der Waals surface area contributed by atoms with E-state index in [1.54, 1.807) is 0 Å². The molecule has 0 bridgehead atoms. The molecule has 0 amide bonds. The Balaban J connectivity index is 2.09. The van der Waals surface area contributed by atoms with Crippen LogP contribution in [0, 0.1) is 17.8 Å². The molecule has 1 rings (SSSR count). The number of rotatable bonds is 7. The molecule has 0 aromatic heterocycles. The maximum Gasteiger partial charge on any atom is -0.0383 e. The zero-order valence-corrected chi connectivity index (χ0v) is 10.4. The molecule has 1 fully saturated rings. The van der Waals surface area contributed by atoms with E-state index in [0.29, 0.717) is 0 Å². The molecule has 14 heavy (non-hydrogen) atoms. The van der Waals surface area contributed by atoms with E-state index in [1.165, 1.54) is 51.4 Å². The Morgan fingerprint density at radius 3 is 2.29 bits per heavy atom. The van der Waals surface area contributed by atoms with Crippen LogP contribution < -0.4 is 0 Å². The summed E-state index contributed by atoms with van der Waals surface area (Å²) in [6.07, 6.45) is 11.8. The fourth-order valence-corrected chi connectivity index (χ4v) is 2.67. The summed E-state index contributed by atoms with van der Waals surface area (Å²) in [5.41, 5.74) is 0. The van der Waals surface area contributed by atoms with Crippen molar-refractivity contribution in [1.82, 2.24) is 0 Å². The monoisotopic (exact) mass is 196 g/mol. The molecule has 0 aliphatic heterocycles. The molecular formula is C14H28. The molecule has 0 heterocycles. The summed E-state index contributed by atoms with van der Waals surface area (Å²) < 4.78 is 0. The average Bonchev–Trinajstić information content (AvgIpc) is 2.18. The van der Waals surface area contributed by atoms with Crippen LogP contribution in [-0.4, -0.2) is 0 Å². The molecule has 0 aromatic carbocycles. The lowest BCUT2D eigenvalue weighted by molar-refractivity contribution is 0.130. The van der Waals surface area contributed by atoms with Gasteiger partial charge in [-0.15, -0.1) is 0 Å². The van der Waals surface area contributed by atoms with E-state index >= 15 is 0 Å². The van der Waals surface area contributed by atoms with Crippen LogP contribution in [0.15, 0.2) is 0 Å². The molecule has 1 saturated carbocycles. The number of unbranched alkanes of at least 4 members (excludes halogenated alkanes) is 2. The lowest BCUT2D eigenvalue weighted by Crippen LogP contribution is -2.27. The van der Waals surface area contributed by atoms with Crippen molar-refractivity contribution >= 4 is 0 Å². The van der Waals surface area contributed by atoms with Crippen molar-refractivity contribution in [2.24, 2.45) is 17.8 Å². The summed E-state index contributed by atoms with van der Waals surface area (Å²) in [5, 5.41) is 0. The van der Waals surface area contributed by atoms with Gasteiger partial charge in [0.05, 0.1) is 0 Å². The lowest BCUT2D eigenvalue weighted by Gasteiger charge is -2.38. The molecule has 3 atom stereocenters. The highest BCUT2D eigenvalue weighted by Gasteiger charge is 2.30. The topological polar surface area (TPSA) is 0 Å². The lowest BCUT2D eigenvalue weighted by atomic mass is 9.67. The normalized spacial score (nSPS) is 28.5. The van der Waals surface area contributed by atoms with Crippen molar-refractivity contribution in [1.29, 1.82) is 0 Å². The third kappa shape index (κ3) is 3.63. The minimum atomic E-state index is 0.967. The van der Waals surface area contributed by atoms with Gasteiger partial charge in [-0.1, -0.05) is 52.9 Å². The van der Waals surface area contributed by atoms with Crippen molar-refractivity contribution in [2.45, 2.75) is 72.1 Å². The van der Waals surface area contributed by atoms with Crippen LogP contribution in [0.5, 0.6) is 0 Å². The van der Waals surface area contributed by atoms with Gasteiger partial charge in [0.1, 0.15) is 0 Å². The van der Waals surface area contributed by atoms with Crippen molar-refractivity contribution < 1.29 is 0 Å². The van der Waals surface area contributed by atoms with E-state index in [0.717, 1.165) is 17.8 Å². The second kappa shape index (κ2) is 6.48. The van der Waals surface area contributed by atoms with E-state index in [-0.39, 0.29) is 0 Å². The van der Waals surface area contributed by atoms with Crippen LogP contribution >= 0.6 is 0 Å². The van der Waals surface area contributed by atoms with Crippen LogP contribution in [0.3, 0.4) is 0 Å². The highest BCUT2D eigenvalue weighted by atomic mass is 14.4. The SMILES string of the molecule is CCCCCC1CCC1CC(C)CC. The van der Waals surface area contributed by atoms with Crippen molar-refractivity contribution in [3.05, 3.63) is 0 Å². The molecule has 1 aliphatic carbocycles. The molecule has 0 aromatic rings. The highest BCUT2D eigenvalue weighted by Crippen LogP contribution is 2.42. The fourth-order valence-electron chi connectivity index (χ4n) is 2.67. The van der Waals surface area contributed by atoms with Crippen LogP contribution in [0.1, 0.15) is 72.1 Å². The minimum Gasteiger partial charge on any atom is -0.0654 e. The maximum absolute atomic E-state index is 2.42. The maximum atomic E-state index is 2.42. The van der Waals surface area contributed by atoms with Gasteiger partial charge in [0.25, 0.3) is 0 Å². The summed E-state index contributed by atoms with van der Waals surface area (Å²) in [4.78, 5) is 0. The van der Waals surface area contributed by atoms with E-state index in [4.69, 9.17) is 0 Å². The number of hydrogen-bond acceptors (Lipinski definition) is 0. The van der Waals surface area contributed by atoms with Gasteiger partial charge in [-0.2, -0.15) is 0 Å². The number of hydrogen-bond donors (Lipinski definition) is 0. The van der Waals surface area contributed by atoms with Gasteiger partial charge in [-0.05, 0) is 37.0 Å². The first-order chi connectivity index (χ1) is 6.77. The Labute approximate surface area is 90.5 Å². The predicted molar refractivity (Wildman–Crippen MR) is 64.4 cm³/mol. The molecular weight excluding hydrogens is 168 g/mol. The van der Waals surface area contributed by atoms with Gasteiger partial charge in [-0.3, -0.25) is 0 Å². The van der Waals surface area contributed by atoms with Gasteiger partial charge in [0, 0.05) is 0 Å². The third-order valence-electron chi connectivity index (χ3n) is 4.16. The smallest absolute Gasteiger partial charge is 0.0383 e. The first kappa shape index (κ1) is 12.1. The molecule has 0 N–H and O–H groups in total. The second-order valence-electron chi connectivity index (χ2n) is 5.34. The molecule has 0 nitrogen and oxygen atoms in total. The third-order valence-corrected chi connectivity index (χ3v) is 4.16. The summed E-state index contributed by atoms with van der Waals surface area (Å²) in [7, 11) is 0. The Morgan fingerprint density at radius 2 is 1.79 bits per heavy atom. The quantitative estimate of drug-likeness (QED) is 0.501. The van der Waals surface area contributed by atoms with Crippen LogP contribution in [-0.2, 0) is 0 Å². The second-order valence-corrected chi connectivity index (χ2v) is 5.34.